The molecule has 0 saturated carbocycles. The molecule has 8 heteroatoms. The third kappa shape index (κ3) is 4.82. The van der Waals surface area contributed by atoms with E-state index in [9.17, 15) is 4.79 Å². The lowest BCUT2D eigenvalue weighted by Gasteiger charge is -2.36. The molecule has 1 aliphatic heterocycles. The van der Waals surface area contributed by atoms with E-state index in [0.29, 0.717) is 60.5 Å². The van der Waals surface area contributed by atoms with Gasteiger partial charge in [-0.3, -0.25) is 4.79 Å². The Balaban J connectivity index is 1.36. The number of ether oxygens (including phenoxy) is 3. The third-order valence-electron chi connectivity index (χ3n) is 6.56. The third-order valence-corrected chi connectivity index (χ3v) is 6.56. The van der Waals surface area contributed by atoms with E-state index in [1.54, 1.807) is 33.6 Å². The second-order valence-corrected chi connectivity index (χ2v) is 8.59. The SMILES string of the molecule is COc1ccc(-c2cnc(-c3ccccc3C(=O)N3CCN(c4ccccc4OC)CC3)o2)c(OC)c1. The molecule has 0 atom stereocenters. The topological polar surface area (TPSA) is 77.3 Å². The number of hydrogen-bond donors (Lipinski definition) is 0. The Morgan fingerprint density at radius 3 is 2.30 bits per heavy atom. The van der Waals surface area contributed by atoms with Crippen LogP contribution in [0.15, 0.2) is 77.3 Å². The van der Waals surface area contributed by atoms with Crippen LogP contribution in [0.2, 0.25) is 0 Å². The number of nitrogens with zero attached hydrogens (tertiary/aromatic N) is 3. The second kappa shape index (κ2) is 10.7. The molecule has 0 radical (unpaired) electrons. The molecule has 2 heterocycles. The highest BCUT2D eigenvalue weighted by atomic mass is 16.5. The number of aromatic nitrogens is 1. The van der Waals surface area contributed by atoms with E-state index in [0.717, 1.165) is 17.0 Å². The molecule has 0 bridgehead atoms. The molecule has 1 fully saturated rings. The van der Waals surface area contributed by atoms with Crippen molar-refractivity contribution in [3.8, 4) is 40.0 Å². The van der Waals surface area contributed by atoms with Crippen LogP contribution in [0, 0.1) is 0 Å². The van der Waals surface area contributed by atoms with Crippen LogP contribution in [0.3, 0.4) is 0 Å². The van der Waals surface area contributed by atoms with E-state index < -0.39 is 0 Å². The highest BCUT2D eigenvalue weighted by molar-refractivity contribution is 6.00. The van der Waals surface area contributed by atoms with Crippen LogP contribution < -0.4 is 19.1 Å². The van der Waals surface area contributed by atoms with Crippen LogP contribution in [0.25, 0.3) is 22.8 Å². The standard InChI is InChI=1S/C29H29N3O5/c1-34-20-12-13-23(26(18-20)36-3)27-19-30-28(37-27)21-8-4-5-9-22(21)29(33)32-16-14-31(15-17-32)24-10-6-7-11-25(24)35-2/h4-13,18-19H,14-17H2,1-3H3. The predicted octanol–water partition coefficient (Wildman–Crippen LogP) is 5.00. The van der Waals surface area contributed by atoms with Crippen LogP contribution in [0.1, 0.15) is 10.4 Å². The van der Waals surface area contributed by atoms with Gasteiger partial charge >= 0.3 is 0 Å². The van der Waals surface area contributed by atoms with Crippen molar-refractivity contribution in [2.24, 2.45) is 0 Å². The van der Waals surface area contributed by atoms with Gasteiger partial charge in [-0.05, 0) is 36.4 Å². The van der Waals surface area contributed by atoms with Crippen molar-refractivity contribution in [3.63, 3.8) is 0 Å². The van der Waals surface area contributed by atoms with Gasteiger partial charge in [0.1, 0.15) is 17.2 Å². The highest BCUT2D eigenvalue weighted by Crippen LogP contribution is 2.36. The van der Waals surface area contributed by atoms with E-state index in [1.165, 1.54) is 0 Å². The monoisotopic (exact) mass is 499 g/mol. The summed E-state index contributed by atoms with van der Waals surface area (Å²) < 4.78 is 22.4. The summed E-state index contributed by atoms with van der Waals surface area (Å²) in [7, 11) is 4.87. The Morgan fingerprint density at radius 2 is 1.54 bits per heavy atom. The molecular weight excluding hydrogens is 470 g/mol. The first kappa shape index (κ1) is 24.2. The van der Waals surface area contributed by atoms with Gasteiger partial charge in [-0.1, -0.05) is 24.3 Å². The number of piperazine rings is 1. The van der Waals surface area contributed by atoms with E-state index in [4.69, 9.17) is 18.6 Å². The zero-order valence-electron chi connectivity index (χ0n) is 21.1. The summed E-state index contributed by atoms with van der Waals surface area (Å²) in [6, 6.07) is 20.9. The lowest BCUT2D eigenvalue weighted by Crippen LogP contribution is -2.49. The normalized spacial score (nSPS) is 13.4. The van der Waals surface area contributed by atoms with Crippen molar-refractivity contribution in [1.29, 1.82) is 0 Å². The fourth-order valence-corrected chi connectivity index (χ4v) is 4.59. The van der Waals surface area contributed by atoms with Crippen LogP contribution in [0.5, 0.6) is 17.2 Å². The van der Waals surface area contributed by atoms with E-state index in [2.05, 4.69) is 9.88 Å². The molecule has 3 aromatic carbocycles. The molecule has 37 heavy (non-hydrogen) atoms. The molecule has 0 spiro atoms. The molecule has 8 nitrogen and oxygen atoms in total. The number of oxazole rings is 1. The average molecular weight is 500 g/mol. The molecule has 1 saturated heterocycles. The van der Waals surface area contributed by atoms with Gasteiger partial charge in [-0.2, -0.15) is 0 Å². The summed E-state index contributed by atoms with van der Waals surface area (Å²) in [5.41, 5.74) is 3.00. The summed E-state index contributed by atoms with van der Waals surface area (Å²) in [5, 5.41) is 0. The molecule has 0 unspecified atom stereocenters. The minimum Gasteiger partial charge on any atom is -0.497 e. The summed E-state index contributed by atoms with van der Waals surface area (Å²) in [5.74, 6) is 3.01. The fourth-order valence-electron chi connectivity index (χ4n) is 4.59. The number of methoxy groups -OCH3 is 3. The first-order valence-electron chi connectivity index (χ1n) is 12.1. The van der Waals surface area contributed by atoms with Gasteiger partial charge in [-0.25, -0.2) is 4.98 Å². The molecular formula is C29H29N3O5. The Kier molecular flexibility index (Phi) is 6.98. The maximum absolute atomic E-state index is 13.6. The number of carbonyl (C=O) groups is 1. The van der Waals surface area contributed by atoms with Crippen molar-refractivity contribution in [1.82, 2.24) is 9.88 Å². The summed E-state index contributed by atoms with van der Waals surface area (Å²) in [4.78, 5) is 22.2. The van der Waals surface area contributed by atoms with Crippen molar-refractivity contribution in [3.05, 3.63) is 78.5 Å². The van der Waals surface area contributed by atoms with Gasteiger partial charge in [-0.15, -0.1) is 0 Å². The van der Waals surface area contributed by atoms with E-state index in [1.807, 2.05) is 65.6 Å². The Labute approximate surface area is 216 Å². The Bertz CT molecular complexity index is 1390. The van der Waals surface area contributed by atoms with Crippen LogP contribution in [0.4, 0.5) is 5.69 Å². The number of carbonyl (C=O) groups excluding carboxylic acids is 1. The van der Waals surface area contributed by atoms with Crippen molar-refractivity contribution in [2.45, 2.75) is 0 Å². The zero-order valence-corrected chi connectivity index (χ0v) is 21.1. The summed E-state index contributed by atoms with van der Waals surface area (Å²) in [6.07, 6.45) is 1.65. The molecule has 1 amide bonds. The lowest BCUT2D eigenvalue weighted by molar-refractivity contribution is 0.0747. The predicted molar refractivity (Wildman–Crippen MR) is 142 cm³/mol. The lowest BCUT2D eigenvalue weighted by atomic mass is 10.1. The second-order valence-electron chi connectivity index (χ2n) is 8.59. The van der Waals surface area contributed by atoms with Crippen molar-refractivity contribution in [2.75, 3.05) is 52.4 Å². The smallest absolute Gasteiger partial charge is 0.254 e. The summed E-state index contributed by atoms with van der Waals surface area (Å²) >= 11 is 0. The number of amides is 1. The van der Waals surface area contributed by atoms with Gasteiger partial charge in [0, 0.05) is 37.8 Å². The van der Waals surface area contributed by atoms with Gasteiger partial charge in [0.05, 0.1) is 44.3 Å². The first-order valence-corrected chi connectivity index (χ1v) is 12.1. The van der Waals surface area contributed by atoms with E-state index >= 15 is 0 Å². The minimum absolute atomic E-state index is 0.0444. The maximum Gasteiger partial charge on any atom is 0.254 e. The van der Waals surface area contributed by atoms with Gasteiger partial charge in [0.25, 0.3) is 5.91 Å². The zero-order chi connectivity index (χ0) is 25.8. The van der Waals surface area contributed by atoms with Gasteiger partial charge in [0.2, 0.25) is 5.89 Å². The molecule has 0 aliphatic carbocycles. The minimum atomic E-state index is -0.0444. The Morgan fingerprint density at radius 1 is 0.811 bits per heavy atom. The number of anilines is 1. The highest BCUT2D eigenvalue weighted by Gasteiger charge is 2.26. The van der Waals surface area contributed by atoms with Crippen LogP contribution in [-0.2, 0) is 0 Å². The van der Waals surface area contributed by atoms with Gasteiger partial charge in [0.15, 0.2) is 5.76 Å². The maximum atomic E-state index is 13.6. The quantitative estimate of drug-likeness (QED) is 0.354. The number of para-hydroxylation sites is 2. The summed E-state index contributed by atoms with van der Waals surface area (Å²) in [6.45, 7) is 2.64. The van der Waals surface area contributed by atoms with Crippen LogP contribution >= 0.6 is 0 Å². The molecule has 190 valence electrons. The number of hydrogen-bond acceptors (Lipinski definition) is 7. The van der Waals surface area contributed by atoms with Gasteiger partial charge < -0.3 is 28.4 Å². The average Bonchev–Trinajstić information content (AvgIpc) is 3.46. The molecule has 0 N–H and O–H groups in total. The molecule has 1 aromatic heterocycles. The fraction of sp³-hybridized carbons (Fsp3) is 0.241. The Hall–Kier alpha value is -4.46. The largest absolute Gasteiger partial charge is 0.497 e. The van der Waals surface area contributed by atoms with E-state index in [-0.39, 0.29) is 5.91 Å². The molecule has 1 aliphatic rings. The first-order chi connectivity index (χ1) is 18.1. The van der Waals surface area contributed by atoms with Crippen LogP contribution in [-0.4, -0.2) is 63.3 Å². The number of benzene rings is 3. The van der Waals surface area contributed by atoms with Crippen molar-refractivity contribution >= 4 is 11.6 Å². The number of rotatable bonds is 7. The molecule has 5 rings (SSSR count). The molecule has 4 aromatic rings. The van der Waals surface area contributed by atoms with Crippen molar-refractivity contribution < 1.29 is 23.4 Å².